The number of benzene rings is 6. The van der Waals surface area contributed by atoms with Gasteiger partial charge in [0.25, 0.3) is 0 Å². The molecule has 4 aromatic heterocycles. The molecule has 1 aliphatic carbocycles. The van der Waals surface area contributed by atoms with Crippen LogP contribution in [0.3, 0.4) is 0 Å². The Labute approximate surface area is 337 Å². The van der Waals surface area contributed by atoms with Crippen molar-refractivity contribution in [3.8, 4) is 72.7 Å². The van der Waals surface area contributed by atoms with Crippen LogP contribution in [0, 0.1) is 0 Å². The Morgan fingerprint density at radius 3 is 1.53 bits per heavy atom. The monoisotopic (exact) mass is 742 g/mol. The lowest BCUT2D eigenvalue weighted by Gasteiger charge is -2.22. The van der Waals surface area contributed by atoms with Crippen molar-refractivity contribution in [1.29, 1.82) is 0 Å². The van der Waals surface area contributed by atoms with Gasteiger partial charge in [-0.25, -0.2) is 4.98 Å². The van der Waals surface area contributed by atoms with Crippen LogP contribution in [0.15, 0.2) is 195 Å². The average Bonchev–Trinajstić information content (AvgIpc) is 3.74. The molecule has 0 aliphatic heterocycles. The SMILES string of the molecule is CC1(C)c2cc(-c3ccc(-c4cc(-c5cccnc5)nc(-c5cccnc5)c4)cc3)ccc2-c2ccc(-c3ccc4c(c3)c3ccccc3n4-c3ccccc3)cc21. The van der Waals surface area contributed by atoms with Gasteiger partial charge in [-0.1, -0.05) is 105 Å². The van der Waals surface area contributed by atoms with Crippen molar-refractivity contribution in [2.24, 2.45) is 0 Å². The Bertz CT molecular complexity index is 3110. The molecule has 10 aromatic rings. The summed E-state index contributed by atoms with van der Waals surface area (Å²) in [6.07, 6.45) is 7.31. The van der Waals surface area contributed by atoms with Crippen molar-refractivity contribution in [2.75, 3.05) is 0 Å². The molecule has 4 nitrogen and oxygen atoms in total. The number of pyridine rings is 3. The van der Waals surface area contributed by atoms with Crippen molar-refractivity contribution in [3.63, 3.8) is 0 Å². The number of aromatic nitrogens is 4. The number of nitrogens with zero attached hydrogens (tertiary/aromatic N) is 4. The van der Waals surface area contributed by atoms with Gasteiger partial charge >= 0.3 is 0 Å². The lowest BCUT2D eigenvalue weighted by molar-refractivity contribution is 0.661. The molecule has 0 N–H and O–H groups in total. The van der Waals surface area contributed by atoms with Crippen molar-refractivity contribution < 1.29 is 0 Å². The third-order valence-corrected chi connectivity index (χ3v) is 12.0. The fraction of sp³-hybridized carbons (Fsp3) is 0.0556. The van der Waals surface area contributed by atoms with Gasteiger partial charge in [0.15, 0.2) is 0 Å². The molecule has 0 amide bonds. The molecule has 0 bridgehead atoms. The molecular weight excluding hydrogens is 705 g/mol. The van der Waals surface area contributed by atoms with Gasteiger partial charge < -0.3 is 4.57 Å². The van der Waals surface area contributed by atoms with E-state index >= 15 is 0 Å². The molecule has 0 spiro atoms. The summed E-state index contributed by atoms with van der Waals surface area (Å²) in [6, 6.07) is 61.6. The minimum atomic E-state index is -0.160. The highest BCUT2D eigenvalue weighted by Crippen LogP contribution is 2.51. The maximum Gasteiger partial charge on any atom is 0.0731 e. The predicted octanol–water partition coefficient (Wildman–Crippen LogP) is 13.6. The number of rotatable bonds is 6. The second kappa shape index (κ2) is 13.4. The largest absolute Gasteiger partial charge is 0.309 e. The Morgan fingerprint density at radius 1 is 0.397 bits per heavy atom. The average molecular weight is 743 g/mol. The van der Waals surface area contributed by atoms with Gasteiger partial charge in [-0.2, -0.15) is 0 Å². The smallest absolute Gasteiger partial charge is 0.0731 e. The molecule has 0 fully saturated rings. The fourth-order valence-corrected chi connectivity index (χ4v) is 8.98. The van der Waals surface area contributed by atoms with Crippen LogP contribution in [0.5, 0.6) is 0 Å². The summed E-state index contributed by atoms with van der Waals surface area (Å²) >= 11 is 0. The molecule has 0 unspecified atom stereocenters. The minimum Gasteiger partial charge on any atom is -0.309 e. The Hall–Kier alpha value is -7.43. The van der Waals surface area contributed by atoms with Gasteiger partial charge in [0.05, 0.1) is 22.4 Å². The lowest BCUT2D eigenvalue weighted by Crippen LogP contribution is -2.15. The molecule has 11 rings (SSSR count). The van der Waals surface area contributed by atoms with Crippen LogP contribution in [0.4, 0.5) is 0 Å². The van der Waals surface area contributed by atoms with E-state index in [2.05, 4.69) is 186 Å². The van der Waals surface area contributed by atoms with Gasteiger partial charge in [0.2, 0.25) is 0 Å². The van der Waals surface area contributed by atoms with Crippen LogP contribution in [-0.4, -0.2) is 19.5 Å². The Balaban J connectivity index is 0.925. The summed E-state index contributed by atoms with van der Waals surface area (Å²) in [7, 11) is 0. The highest BCUT2D eigenvalue weighted by atomic mass is 15.0. The fourth-order valence-electron chi connectivity index (χ4n) is 8.98. The first-order valence-corrected chi connectivity index (χ1v) is 19.8. The molecule has 58 heavy (non-hydrogen) atoms. The van der Waals surface area contributed by atoms with Crippen LogP contribution < -0.4 is 0 Å². The molecule has 0 saturated carbocycles. The third kappa shape index (κ3) is 5.56. The molecule has 0 saturated heterocycles. The van der Waals surface area contributed by atoms with Crippen LogP contribution >= 0.6 is 0 Å². The van der Waals surface area contributed by atoms with E-state index < -0.39 is 0 Å². The number of fused-ring (bicyclic) bond motifs is 6. The van der Waals surface area contributed by atoms with E-state index in [1.807, 2.05) is 24.5 Å². The van der Waals surface area contributed by atoms with E-state index in [1.54, 1.807) is 12.4 Å². The van der Waals surface area contributed by atoms with Gasteiger partial charge in [-0.3, -0.25) is 9.97 Å². The van der Waals surface area contributed by atoms with Gasteiger partial charge in [0, 0.05) is 57.8 Å². The van der Waals surface area contributed by atoms with Crippen molar-refractivity contribution in [3.05, 3.63) is 206 Å². The predicted molar refractivity (Wildman–Crippen MR) is 239 cm³/mol. The summed E-state index contributed by atoms with van der Waals surface area (Å²) < 4.78 is 2.38. The van der Waals surface area contributed by atoms with Crippen LogP contribution in [-0.2, 0) is 5.41 Å². The first kappa shape index (κ1) is 33.9. The van der Waals surface area contributed by atoms with E-state index in [0.717, 1.165) is 33.6 Å². The van der Waals surface area contributed by atoms with Crippen molar-refractivity contribution in [2.45, 2.75) is 19.3 Å². The maximum absolute atomic E-state index is 5.00. The summed E-state index contributed by atoms with van der Waals surface area (Å²) in [6.45, 7) is 4.74. The van der Waals surface area contributed by atoms with Crippen molar-refractivity contribution in [1.82, 2.24) is 19.5 Å². The first-order valence-electron chi connectivity index (χ1n) is 19.8. The molecule has 274 valence electrons. The second-order valence-corrected chi connectivity index (χ2v) is 15.8. The highest BCUT2D eigenvalue weighted by molar-refractivity contribution is 6.10. The molecule has 0 atom stereocenters. The van der Waals surface area contributed by atoms with Crippen LogP contribution in [0.2, 0.25) is 0 Å². The van der Waals surface area contributed by atoms with Gasteiger partial charge in [-0.15, -0.1) is 0 Å². The van der Waals surface area contributed by atoms with E-state index in [4.69, 9.17) is 4.98 Å². The molecular formula is C54H38N4. The summed E-state index contributed by atoms with van der Waals surface area (Å²) in [4.78, 5) is 13.7. The van der Waals surface area contributed by atoms with Gasteiger partial charge in [0.1, 0.15) is 0 Å². The normalized spacial score (nSPS) is 12.8. The zero-order chi connectivity index (χ0) is 38.8. The van der Waals surface area contributed by atoms with E-state index in [-0.39, 0.29) is 5.41 Å². The van der Waals surface area contributed by atoms with E-state index in [1.165, 1.54) is 72.0 Å². The molecule has 0 radical (unpaired) electrons. The summed E-state index contributed by atoms with van der Waals surface area (Å²) in [5.74, 6) is 0. The molecule has 6 aromatic carbocycles. The van der Waals surface area contributed by atoms with E-state index in [0.29, 0.717) is 0 Å². The summed E-state index contributed by atoms with van der Waals surface area (Å²) in [5.41, 5.74) is 19.6. The molecule has 1 aliphatic rings. The molecule has 4 heteroatoms. The van der Waals surface area contributed by atoms with E-state index in [9.17, 15) is 0 Å². The van der Waals surface area contributed by atoms with Crippen molar-refractivity contribution >= 4 is 21.8 Å². The lowest BCUT2D eigenvalue weighted by atomic mass is 9.80. The van der Waals surface area contributed by atoms with Crippen LogP contribution in [0.1, 0.15) is 25.0 Å². The topological polar surface area (TPSA) is 43.6 Å². The number of hydrogen-bond acceptors (Lipinski definition) is 3. The second-order valence-electron chi connectivity index (χ2n) is 15.8. The first-order chi connectivity index (χ1) is 28.5. The quantitative estimate of drug-likeness (QED) is 0.170. The van der Waals surface area contributed by atoms with Crippen LogP contribution in [0.25, 0.3) is 94.5 Å². The molecule has 4 heterocycles. The maximum atomic E-state index is 5.00. The highest BCUT2D eigenvalue weighted by Gasteiger charge is 2.36. The Morgan fingerprint density at radius 2 is 0.914 bits per heavy atom. The number of para-hydroxylation sites is 2. The summed E-state index contributed by atoms with van der Waals surface area (Å²) in [5, 5.41) is 2.53. The third-order valence-electron chi connectivity index (χ3n) is 12.0. The Kier molecular flexibility index (Phi) is 7.80. The zero-order valence-corrected chi connectivity index (χ0v) is 32.3. The minimum absolute atomic E-state index is 0.160. The zero-order valence-electron chi connectivity index (χ0n) is 32.3. The standard InChI is InChI=1S/C54H38N4/c1-54(2)48-29-38(35-16-18-36(19-17-35)42-31-50(40-10-8-26-55-33-40)57-51(32-42)41-11-9-27-56-34-41)20-23-44(48)45-24-21-39(30-49(45)54)37-22-25-53-47(28-37)46-14-6-7-15-52(46)58(53)43-12-4-3-5-13-43/h3-34H,1-2H3. The number of hydrogen-bond donors (Lipinski definition) is 0. The van der Waals surface area contributed by atoms with Gasteiger partial charge in [-0.05, 0) is 134 Å².